The molecule has 3 rings (SSSR count). The summed E-state index contributed by atoms with van der Waals surface area (Å²) < 4.78 is 8.81. The van der Waals surface area contributed by atoms with Crippen molar-refractivity contribution in [2.24, 2.45) is 7.05 Å². The van der Waals surface area contributed by atoms with Gasteiger partial charge in [-0.3, -0.25) is 0 Å². The fourth-order valence-corrected chi connectivity index (χ4v) is 2.52. The van der Waals surface area contributed by atoms with E-state index in [1.165, 1.54) is 4.68 Å². The molecule has 0 atom stereocenters. The standard InChI is InChI=1S/C10H10BrN3O2/c1-12-10(15)14-8-3-2-4-9(7(8)5-11)16-6-13(12)14/h2-4H,5-6H2,1H3. The summed E-state index contributed by atoms with van der Waals surface area (Å²) in [6, 6.07) is 5.73. The minimum absolute atomic E-state index is 0.0372. The van der Waals surface area contributed by atoms with Crippen LogP contribution in [0.5, 0.6) is 5.75 Å². The number of hydrogen-bond acceptors (Lipinski definition) is 2. The Bertz CT molecular complexity index is 608. The lowest BCUT2D eigenvalue weighted by Crippen LogP contribution is -2.48. The molecule has 5 nitrogen and oxygen atoms in total. The molecule has 0 unspecified atom stereocenters. The van der Waals surface area contributed by atoms with E-state index in [-0.39, 0.29) is 5.69 Å². The number of fused-ring (bicyclic) bond motifs is 4. The number of rotatable bonds is 1. The van der Waals surface area contributed by atoms with Gasteiger partial charge in [0, 0.05) is 17.9 Å². The summed E-state index contributed by atoms with van der Waals surface area (Å²) >= 11 is 3.43. The number of halogens is 1. The number of alkyl halides is 1. The van der Waals surface area contributed by atoms with Crippen LogP contribution in [0.1, 0.15) is 5.56 Å². The van der Waals surface area contributed by atoms with Crippen LogP contribution in [0.4, 0.5) is 0 Å². The van der Waals surface area contributed by atoms with Crippen molar-refractivity contribution in [1.29, 1.82) is 0 Å². The molecule has 2 aromatic rings. The Morgan fingerprint density at radius 3 is 3.06 bits per heavy atom. The molecular formula is C10H10BrN3O2. The second-order valence-corrected chi connectivity index (χ2v) is 4.21. The monoisotopic (exact) mass is 283 g/mol. The van der Waals surface area contributed by atoms with Crippen LogP contribution in [-0.4, -0.2) is 14.2 Å². The normalized spacial score (nSPS) is 13.1. The van der Waals surface area contributed by atoms with Crippen LogP contribution in [0.2, 0.25) is 0 Å². The molecule has 1 aromatic carbocycles. The zero-order valence-electron chi connectivity index (χ0n) is 8.68. The minimum Gasteiger partial charge on any atom is -0.469 e. The zero-order valence-corrected chi connectivity index (χ0v) is 10.3. The van der Waals surface area contributed by atoms with E-state index >= 15 is 0 Å². The quantitative estimate of drug-likeness (QED) is 0.739. The van der Waals surface area contributed by atoms with Crippen molar-refractivity contribution in [2.45, 2.75) is 12.1 Å². The van der Waals surface area contributed by atoms with E-state index in [9.17, 15) is 4.79 Å². The molecule has 16 heavy (non-hydrogen) atoms. The molecule has 0 amide bonds. The van der Waals surface area contributed by atoms with Gasteiger partial charge in [0.1, 0.15) is 5.75 Å². The first-order chi connectivity index (χ1) is 7.74. The Hall–Kier alpha value is -1.43. The highest BCUT2D eigenvalue weighted by molar-refractivity contribution is 9.08. The fourth-order valence-electron chi connectivity index (χ4n) is 1.95. The second kappa shape index (κ2) is 3.28. The highest BCUT2D eigenvalue weighted by atomic mass is 79.9. The third-order valence-corrected chi connectivity index (χ3v) is 3.40. The van der Waals surface area contributed by atoms with Crippen molar-refractivity contribution in [3.05, 3.63) is 34.2 Å². The molecule has 2 heterocycles. The third kappa shape index (κ3) is 1.07. The predicted molar refractivity (Wildman–Crippen MR) is 62.3 cm³/mol. The van der Waals surface area contributed by atoms with Gasteiger partial charge in [-0.05, 0) is 12.1 Å². The van der Waals surface area contributed by atoms with Gasteiger partial charge in [0.05, 0.1) is 5.69 Å². The van der Waals surface area contributed by atoms with Crippen LogP contribution in [0.15, 0.2) is 23.0 Å². The van der Waals surface area contributed by atoms with Gasteiger partial charge >= 0.3 is 5.69 Å². The molecule has 0 spiro atoms. The first-order valence-electron chi connectivity index (χ1n) is 4.90. The molecule has 2 bridgehead atoms. The first-order valence-corrected chi connectivity index (χ1v) is 6.02. The average molecular weight is 284 g/mol. The lowest BCUT2D eigenvalue weighted by Gasteiger charge is -2.22. The van der Waals surface area contributed by atoms with E-state index in [0.717, 1.165) is 17.0 Å². The lowest BCUT2D eigenvalue weighted by molar-refractivity contribution is 0.139. The molecule has 6 heteroatoms. The van der Waals surface area contributed by atoms with Gasteiger partial charge in [-0.2, -0.15) is 9.48 Å². The topological polar surface area (TPSA) is 41.1 Å². The Kier molecular flexibility index (Phi) is 2.00. The van der Waals surface area contributed by atoms with Crippen molar-refractivity contribution >= 4 is 15.9 Å². The van der Waals surface area contributed by atoms with E-state index in [1.54, 1.807) is 16.5 Å². The Labute approximate surface area is 99.9 Å². The lowest BCUT2D eigenvalue weighted by atomic mass is 10.2. The van der Waals surface area contributed by atoms with Gasteiger partial charge < -0.3 is 4.74 Å². The SMILES string of the molecule is Cn1c(=O)n2n1COc1cccc-2c1CBr. The van der Waals surface area contributed by atoms with Gasteiger partial charge in [0.2, 0.25) is 0 Å². The van der Waals surface area contributed by atoms with E-state index in [0.29, 0.717) is 12.1 Å². The van der Waals surface area contributed by atoms with E-state index in [2.05, 4.69) is 15.9 Å². The molecule has 0 aliphatic carbocycles. The smallest absolute Gasteiger partial charge is 0.364 e. The van der Waals surface area contributed by atoms with Crippen molar-refractivity contribution < 1.29 is 4.74 Å². The molecular weight excluding hydrogens is 274 g/mol. The molecule has 0 N–H and O–H groups in total. The third-order valence-electron chi connectivity index (χ3n) is 2.84. The van der Waals surface area contributed by atoms with Crippen molar-refractivity contribution in [3.63, 3.8) is 0 Å². The number of aromatic nitrogens is 3. The summed E-state index contributed by atoms with van der Waals surface area (Å²) in [7, 11) is 1.73. The molecule has 1 aromatic heterocycles. The Morgan fingerprint density at radius 1 is 1.50 bits per heavy atom. The van der Waals surface area contributed by atoms with E-state index < -0.39 is 0 Å². The Balaban J connectivity index is 2.33. The van der Waals surface area contributed by atoms with Gasteiger partial charge in [-0.15, -0.1) is 0 Å². The second-order valence-electron chi connectivity index (χ2n) is 3.65. The maximum atomic E-state index is 11.8. The highest BCUT2D eigenvalue weighted by Crippen LogP contribution is 2.29. The highest BCUT2D eigenvalue weighted by Gasteiger charge is 2.23. The number of ether oxygens (including phenoxy) is 1. The minimum atomic E-state index is -0.0372. The van der Waals surface area contributed by atoms with Crippen molar-refractivity contribution in [3.8, 4) is 11.4 Å². The van der Waals surface area contributed by atoms with Crippen molar-refractivity contribution in [1.82, 2.24) is 14.2 Å². The molecule has 84 valence electrons. The van der Waals surface area contributed by atoms with Gasteiger partial charge in [-0.1, -0.05) is 22.0 Å². The van der Waals surface area contributed by atoms with Crippen LogP contribution >= 0.6 is 15.9 Å². The molecule has 1 aliphatic rings. The number of nitrogens with zero attached hydrogens (tertiary/aromatic N) is 3. The largest absolute Gasteiger partial charge is 0.469 e. The number of hydrogen-bond donors (Lipinski definition) is 0. The molecule has 0 saturated heterocycles. The van der Waals surface area contributed by atoms with Gasteiger partial charge in [-0.25, -0.2) is 9.48 Å². The van der Waals surface area contributed by atoms with Crippen LogP contribution in [0, 0.1) is 0 Å². The summed E-state index contributed by atoms with van der Waals surface area (Å²) in [5.41, 5.74) is 1.85. The fraction of sp³-hybridized carbons (Fsp3) is 0.300. The summed E-state index contributed by atoms with van der Waals surface area (Å²) in [5.74, 6) is 0.824. The van der Waals surface area contributed by atoms with E-state index in [1.807, 2.05) is 18.2 Å². The molecule has 0 fully saturated rings. The maximum absolute atomic E-state index is 11.8. The maximum Gasteiger partial charge on any atom is 0.364 e. The Morgan fingerprint density at radius 2 is 2.31 bits per heavy atom. The summed E-state index contributed by atoms with van der Waals surface area (Å²) in [4.78, 5) is 13.5. The zero-order chi connectivity index (χ0) is 11.3. The summed E-state index contributed by atoms with van der Waals surface area (Å²) in [5, 5.41) is 0.667. The first kappa shape index (κ1) is 9.77. The summed E-state index contributed by atoms with van der Waals surface area (Å²) in [6.45, 7) is 0.357. The summed E-state index contributed by atoms with van der Waals surface area (Å²) in [6.07, 6.45) is 0. The van der Waals surface area contributed by atoms with Crippen LogP contribution in [-0.2, 0) is 19.1 Å². The average Bonchev–Trinajstić information content (AvgIpc) is 2.39. The van der Waals surface area contributed by atoms with E-state index in [4.69, 9.17) is 4.74 Å². The molecule has 0 saturated carbocycles. The molecule has 0 radical (unpaired) electrons. The van der Waals surface area contributed by atoms with Gasteiger partial charge in [0.25, 0.3) is 0 Å². The predicted octanol–water partition coefficient (Wildman–Crippen LogP) is 1.22. The molecule has 1 aliphatic heterocycles. The van der Waals surface area contributed by atoms with Crippen LogP contribution in [0.25, 0.3) is 5.69 Å². The van der Waals surface area contributed by atoms with Crippen LogP contribution < -0.4 is 10.4 Å². The van der Waals surface area contributed by atoms with Crippen LogP contribution in [0.3, 0.4) is 0 Å². The van der Waals surface area contributed by atoms with Crippen molar-refractivity contribution in [2.75, 3.05) is 0 Å². The number of benzene rings is 1. The van der Waals surface area contributed by atoms with Gasteiger partial charge in [0.15, 0.2) is 6.73 Å².